The number of carbonyl (C=O) groups excluding carboxylic acids is 2. The number of carbonyl (C=O) groups is 2. The van der Waals surface area contributed by atoms with Gasteiger partial charge in [0.05, 0.1) is 0 Å². The Morgan fingerprint density at radius 1 is 1.04 bits per heavy atom. The lowest BCUT2D eigenvalue weighted by Gasteiger charge is -2.12. The third-order valence-corrected chi connectivity index (χ3v) is 4.44. The van der Waals surface area contributed by atoms with Gasteiger partial charge < -0.3 is 15.2 Å². The molecule has 6 heteroatoms. The topological polar surface area (TPSA) is 84.2 Å². The zero-order valence-electron chi connectivity index (χ0n) is 15.9. The van der Waals surface area contributed by atoms with Gasteiger partial charge in [-0.05, 0) is 31.0 Å². The van der Waals surface area contributed by atoms with Crippen molar-refractivity contribution in [3.63, 3.8) is 0 Å². The molecular formula is C22H23N3O3. The number of amides is 2. The van der Waals surface area contributed by atoms with E-state index in [1.165, 1.54) is 0 Å². The highest BCUT2D eigenvalue weighted by Crippen LogP contribution is 2.18. The van der Waals surface area contributed by atoms with E-state index in [1.54, 1.807) is 24.3 Å². The fraction of sp³-hybridized carbons (Fsp3) is 0.227. The van der Waals surface area contributed by atoms with Crippen molar-refractivity contribution in [3.05, 3.63) is 77.6 Å². The van der Waals surface area contributed by atoms with Crippen LogP contribution in [0.5, 0.6) is 0 Å². The number of hydrogen-bond acceptors (Lipinski definition) is 4. The normalized spacial score (nSPS) is 11.6. The molecule has 28 heavy (non-hydrogen) atoms. The van der Waals surface area contributed by atoms with Gasteiger partial charge in [0.25, 0.3) is 11.8 Å². The van der Waals surface area contributed by atoms with Gasteiger partial charge in [0.1, 0.15) is 5.69 Å². The van der Waals surface area contributed by atoms with E-state index in [1.807, 2.05) is 50.2 Å². The Balaban J connectivity index is 1.61. The lowest BCUT2D eigenvalue weighted by Crippen LogP contribution is -2.32. The highest BCUT2D eigenvalue weighted by atomic mass is 16.5. The van der Waals surface area contributed by atoms with Crippen molar-refractivity contribution in [2.24, 2.45) is 0 Å². The van der Waals surface area contributed by atoms with Crippen LogP contribution in [0.15, 0.2) is 65.2 Å². The number of aromatic nitrogens is 1. The van der Waals surface area contributed by atoms with Crippen molar-refractivity contribution in [2.75, 3.05) is 0 Å². The van der Waals surface area contributed by atoms with E-state index in [0.717, 1.165) is 17.5 Å². The Labute approximate surface area is 163 Å². The molecule has 2 amide bonds. The standard InChI is InChI=1S/C22H23N3O3/c1-3-15(2)24-21(26)18-11-7-8-16(12-18)14-23-22(27)20-13-19(25-28-20)17-9-5-4-6-10-17/h4-13,15H,3,14H2,1-2H3,(H,23,27)(H,24,26). The predicted molar refractivity (Wildman–Crippen MR) is 107 cm³/mol. The molecule has 1 atom stereocenters. The first-order chi connectivity index (χ1) is 13.6. The summed E-state index contributed by atoms with van der Waals surface area (Å²) in [5.74, 6) is -0.334. The third-order valence-electron chi connectivity index (χ3n) is 4.44. The van der Waals surface area contributed by atoms with Gasteiger partial charge in [0.2, 0.25) is 5.76 Å². The second kappa shape index (κ2) is 8.99. The second-order valence-electron chi connectivity index (χ2n) is 6.61. The van der Waals surface area contributed by atoms with E-state index in [0.29, 0.717) is 11.3 Å². The van der Waals surface area contributed by atoms with Crippen LogP contribution in [-0.4, -0.2) is 23.0 Å². The van der Waals surface area contributed by atoms with Crippen molar-refractivity contribution in [1.82, 2.24) is 15.8 Å². The lowest BCUT2D eigenvalue weighted by molar-refractivity contribution is 0.0913. The zero-order chi connectivity index (χ0) is 19.9. The summed E-state index contributed by atoms with van der Waals surface area (Å²) in [4.78, 5) is 24.6. The molecule has 0 bridgehead atoms. The van der Waals surface area contributed by atoms with Crippen molar-refractivity contribution < 1.29 is 14.1 Å². The van der Waals surface area contributed by atoms with Gasteiger partial charge in [0.15, 0.2) is 0 Å². The maximum atomic E-state index is 12.3. The first-order valence-electron chi connectivity index (χ1n) is 9.27. The van der Waals surface area contributed by atoms with Gasteiger partial charge in [-0.1, -0.05) is 54.5 Å². The molecule has 144 valence electrons. The van der Waals surface area contributed by atoms with E-state index in [9.17, 15) is 9.59 Å². The highest BCUT2D eigenvalue weighted by molar-refractivity contribution is 5.94. The van der Waals surface area contributed by atoms with Crippen LogP contribution in [0.1, 0.15) is 46.7 Å². The minimum Gasteiger partial charge on any atom is -0.350 e. The molecule has 0 saturated carbocycles. The van der Waals surface area contributed by atoms with Gasteiger partial charge in [-0.25, -0.2) is 0 Å². The van der Waals surface area contributed by atoms with Gasteiger partial charge in [-0.15, -0.1) is 0 Å². The van der Waals surface area contributed by atoms with Crippen LogP contribution >= 0.6 is 0 Å². The van der Waals surface area contributed by atoms with Gasteiger partial charge in [-0.3, -0.25) is 9.59 Å². The lowest BCUT2D eigenvalue weighted by atomic mass is 10.1. The van der Waals surface area contributed by atoms with E-state index in [-0.39, 0.29) is 30.2 Å². The average molecular weight is 377 g/mol. The molecule has 2 aromatic carbocycles. The molecular weight excluding hydrogens is 354 g/mol. The molecule has 6 nitrogen and oxygen atoms in total. The molecule has 0 radical (unpaired) electrons. The predicted octanol–water partition coefficient (Wildman–Crippen LogP) is 3.80. The molecule has 0 aliphatic carbocycles. The molecule has 0 saturated heterocycles. The molecule has 3 rings (SSSR count). The van der Waals surface area contributed by atoms with Crippen LogP contribution in [-0.2, 0) is 6.54 Å². The summed E-state index contributed by atoms with van der Waals surface area (Å²) < 4.78 is 5.16. The van der Waals surface area contributed by atoms with Crippen molar-refractivity contribution in [2.45, 2.75) is 32.9 Å². The fourth-order valence-electron chi connectivity index (χ4n) is 2.63. The van der Waals surface area contributed by atoms with E-state index < -0.39 is 0 Å². The largest absolute Gasteiger partial charge is 0.350 e. The third kappa shape index (κ3) is 4.85. The van der Waals surface area contributed by atoms with Crippen LogP contribution < -0.4 is 10.6 Å². The number of rotatable bonds is 7. The number of benzene rings is 2. The summed E-state index contributed by atoms with van der Waals surface area (Å²) in [7, 11) is 0. The molecule has 0 aliphatic heterocycles. The molecule has 0 aliphatic rings. The van der Waals surface area contributed by atoms with Crippen LogP contribution in [0.3, 0.4) is 0 Å². The molecule has 3 aromatic rings. The Hall–Kier alpha value is -3.41. The molecule has 1 aromatic heterocycles. The monoisotopic (exact) mass is 377 g/mol. The Morgan fingerprint density at radius 2 is 1.82 bits per heavy atom. The minimum atomic E-state index is -0.357. The zero-order valence-corrected chi connectivity index (χ0v) is 15.9. The summed E-state index contributed by atoms with van der Waals surface area (Å²) in [5, 5.41) is 9.67. The molecule has 1 heterocycles. The Kier molecular flexibility index (Phi) is 6.22. The molecule has 0 spiro atoms. The van der Waals surface area contributed by atoms with Crippen molar-refractivity contribution in [3.8, 4) is 11.3 Å². The SMILES string of the molecule is CCC(C)NC(=O)c1cccc(CNC(=O)c2cc(-c3ccccc3)no2)c1. The maximum Gasteiger partial charge on any atom is 0.290 e. The van der Waals surface area contributed by atoms with Gasteiger partial charge in [-0.2, -0.15) is 0 Å². The van der Waals surface area contributed by atoms with Crippen LogP contribution in [0.25, 0.3) is 11.3 Å². The smallest absolute Gasteiger partial charge is 0.290 e. The Morgan fingerprint density at radius 3 is 2.57 bits per heavy atom. The Bertz CT molecular complexity index is 950. The van der Waals surface area contributed by atoms with Crippen molar-refractivity contribution in [1.29, 1.82) is 0 Å². The fourth-order valence-corrected chi connectivity index (χ4v) is 2.63. The second-order valence-corrected chi connectivity index (χ2v) is 6.61. The molecule has 0 fully saturated rings. The summed E-state index contributed by atoms with van der Waals surface area (Å²) in [6.07, 6.45) is 0.865. The number of nitrogens with zero attached hydrogens (tertiary/aromatic N) is 1. The van der Waals surface area contributed by atoms with E-state index in [4.69, 9.17) is 4.52 Å². The van der Waals surface area contributed by atoms with E-state index in [2.05, 4.69) is 15.8 Å². The summed E-state index contributed by atoms with van der Waals surface area (Å²) >= 11 is 0. The van der Waals surface area contributed by atoms with Crippen LogP contribution in [0.4, 0.5) is 0 Å². The van der Waals surface area contributed by atoms with Gasteiger partial charge >= 0.3 is 0 Å². The molecule has 1 unspecified atom stereocenters. The number of hydrogen-bond donors (Lipinski definition) is 2. The van der Waals surface area contributed by atoms with E-state index >= 15 is 0 Å². The quantitative estimate of drug-likeness (QED) is 0.656. The highest BCUT2D eigenvalue weighted by Gasteiger charge is 2.14. The summed E-state index contributed by atoms with van der Waals surface area (Å²) in [6, 6.07) is 18.4. The first-order valence-corrected chi connectivity index (χ1v) is 9.27. The first kappa shape index (κ1) is 19.4. The summed E-state index contributed by atoms with van der Waals surface area (Å²) in [6.45, 7) is 4.26. The van der Waals surface area contributed by atoms with Crippen LogP contribution in [0.2, 0.25) is 0 Å². The van der Waals surface area contributed by atoms with Crippen molar-refractivity contribution >= 4 is 11.8 Å². The van der Waals surface area contributed by atoms with Crippen LogP contribution in [0, 0.1) is 0 Å². The average Bonchev–Trinajstić information content (AvgIpc) is 3.23. The minimum absolute atomic E-state index is 0.112. The van der Waals surface area contributed by atoms with Gasteiger partial charge in [0, 0.05) is 29.8 Å². The molecule has 2 N–H and O–H groups in total. The maximum absolute atomic E-state index is 12.3. The number of nitrogens with one attached hydrogen (secondary N) is 2. The summed E-state index contributed by atoms with van der Waals surface area (Å²) in [5.41, 5.74) is 2.88.